The largest absolute Gasteiger partial charge is 0.333 e. The van der Waals surface area contributed by atoms with Gasteiger partial charge in [0.15, 0.2) is 5.69 Å². The quantitative estimate of drug-likeness (QED) is 0.528. The molecule has 0 radical (unpaired) electrons. The van der Waals surface area contributed by atoms with Crippen molar-refractivity contribution in [3.8, 4) is 0 Å². The number of imidazole rings is 1. The van der Waals surface area contributed by atoms with E-state index in [-0.39, 0.29) is 23.3 Å². The number of aromatic nitrogens is 2. The molecule has 4 rings (SSSR count). The molecule has 0 aliphatic carbocycles. The fraction of sp³-hybridized carbons (Fsp3) is 0.125. The van der Waals surface area contributed by atoms with Crippen molar-refractivity contribution in [2.45, 2.75) is 13.5 Å². The zero-order valence-corrected chi connectivity index (χ0v) is 16.7. The predicted octanol–water partition coefficient (Wildman–Crippen LogP) is 4.25. The highest BCUT2D eigenvalue weighted by Gasteiger charge is 2.24. The maximum Gasteiger partial charge on any atom is 0.292 e. The Kier molecular flexibility index (Phi) is 5.57. The summed E-state index contributed by atoms with van der Waals surface area (Å²) in [6, 6.07) is 24.4. The molecule has 150 valence electrons. The van der Waals surface area contributed by atoms with E-state index in [2.05, 4.69) is 10.3 Å². The number of fused-ring (bicyclic) bond motifs is 1. The van der Waals surface area contributed by atoms with Crippen LogP contribution >= 0.6 is 0 Å². The lowest BCUT2D eigenvalue weighted by Gasteiger charge is -2.20. The zero-order chi connectivity index (χ0) is 20.9. The minimum Gasteiger partial charge on any atom is -0.333 e. The van der Waals surface area contributed by atoms with E-state index >= 15 is 0 Å². The van der Waals surface area contributed by atoms with Crippen LogP contribution < -0.4 is 5.32 Å². The number of amides is 2. The van der Waals surface area contributed by atoms with Crippen LogP contribution in [0.5, 0.6) is 0 Å². The molecule has 2 amide bonds. The highest BCUT2D eigenvalue weighted by molar-refractivity contribution is 6.06. The van der Waals surface area contributed by atoms with Crippen LogP contribution in [0.25, 0.3) is 5.52 Å². The van der Waals surface area contributed by atoms with E-state index in [9.17, 15) is 9.59 Å². The Labute approximate surface area is 174 Å². The molecule has 1 N–H and O–H groups in total. The Hall–Kier alpha value is -3.93. The number of rotatable bonds is 6. The third-order valence-electron chi connectivity index (χ3n) is 4.87. The molecule has 6 heteroatoms. The second kappa shape index (κ2) is 8.61. The Morgan fingerprint density at radius 3 is 2.30 bits per heavy atom. The number of nitrogens with zero attached hydrogens (tertiary/aromatic N) is 3. The number of hydrogen-bond acceptors (Lipinski definition) is 3. The molecule has 0 bridgehead atoms. The minimum absolute atomic E-state index is 0.175. The molecule has 0 saturated carbocycles. The molecule has 0 fully saturated rings. The Morgan fingerprint density at radius 2 is 1.60 bits per heavy atom. The second-order valence-electron chi connectivity index (χ2n) is 6.86. The summed E-state index contributed by atoms with van der Waals surface area (Å²) in [6.45, 7) is 2.95. The molecule has 0 aliphatic rings. The second-order valence-corrected chi connectivity index (χ2v) is 6.86. The average Bonchev–Trinajstić information content (AvgIpc) is 3.18. The van der Waals surface area contributed by atoms with Gasteiger partial charge >= 0.3 is 0 Å². The zero-order valence-electron chi connectivity index (χ0n) is 16.7. The van der Waals surface area contributed by atoms with E-state index in [1.165, 1.54) is 0 Å². The van der Waals surface area contributed by atoms with Crippen LogP contribution in [0.4, 0.5) is 5.69 Å². The number of anilines is 1. The van der Waals surface area contributed by atoms with Crippen molar-refractivity contribution in [1.82, 2.24) is 14.3 Å². The molecule has 0 saturated heterocycles. The van der Waals surface area contributed by atoms with Gasteiger partial charge in [-0.3, -0.25) is 14.0 Å². The van der Waals surface area contributed by atoms with Gasteiger partial charge in [-0.05, 0) is 36.8 Å². The number of carbonyl (C=O) groups is 2. The normalized spacial score (nSPS) is 10.7. The first kappa shape index (κ1) is 19.4. The molecule has 30 heavy (non-hydrogen) atoms. The molecule has 2 aromatic carbocycles. The molecular weight excluding hydrogens is 376 g/mol. The van der Waals surface area contributed by atoms with Gasteiger partial charge in [-0.2, -0.15) is 0 Å². The third-order valence-corrected chi connectivity index (χ3v) is 4.87. The molecule has 2 heterocycles. The van der Waals surface area contributed by atoms with E-state index < -0.39 is 0 Å². The van der Waals surface area contributed by atoms with Gasteiger partial charge in [-0.25, -0.2) is 4.98 Å². The van der Waals surface area contributed by atoms with Crippen molar-refractivity contribution >= 4 is 23.0 Å². The molecule has 2 aromatic heterocycles. The van der Waals surface area contributed by atoms with Gasteiger partial charge in [0.25, 0.3) is 11.8 Å². The number of carbonyl (C=O) groups excluding carboxylic acids is 2. The van der Waals surface area contributed by atoms with E-state index in [4.69, 9.17) is 0 Å². The maximum atomic E-state index is 13.3. The summed E-state index contributed by atoms with van der Waals surface area (Å²) >= 11 is 0. The fourth-order valence-electron chi connectivity index (χ4n) is 3.34. The standard InChI is InChI=1S/C24H22N4O2/c1-2-27(17-18-11-5-3-6-12-18)24(30)21-20-15-9-10-16-28(20)22(26-21)23(29)25-19-13-7-4-8-14-19/h3-16H,2,17H2,1H3,(H,25,29). The first-order valence-corrected chi connectivity index (χ1v) is 9.84. The van der Waals surface area contributed by atoms with Crippen LogP contribution in [0, 0.1) is 0 Å². The highest BCUT2D eigenvalue weighted by atomic mass is 16.2. The summed E-state index contributed by atoms with van der Waals surface area (Å²) in [5, 5.41) is 2.84. The first-order chi connectivity index (χ1) is 14.7. The van der Waals surface area contributed by atoms with Gasteiger partial charge in [0.1, 0.15) is 0 Å². The van der Waals surface area contributed by atoms with E-state index in [1.54, 1.807) is 33.7 Å². The summed E-state index contributed by atoms with van der Waals surface area (Å²) in [7, 11) is 0. The summed E-state index contributed by atoms with van der Waals surface area (Å²) in [5.41, 5.74) is 2.58. The molecule has 0 unspecified atom stereocenters. The summed E-state index contributed by atoms with van der Waals surface area (Å²) in [6.07, 6.45) is 1.74. The van der Waals surface area contributed by atoms with Crippen LogP contribution in [0.1, 0.15) is 33.6 Å². The van der Waals surface area contributed by atoms with Crippen LogP contribution in [0.15, 0.2) is 85.1 Å². The van der Waals surface area contributed by atoms with Crippen molar-refractivity contribution in [2.24, 2.45) is 0 Å². The highest BCUT2D eigenvalue weighted by Crippen LogP contribution is 2.18. The van der Waals surface area contributed by atoms with E-state index in [0.717, 1.165) is 5.56 Å². The summed E-state index contributed by atoms with van der Waals surface area (Å²) in [5.74, 6) is -0.398. The number of benzene rings is 2. The van der Waals surface area contributed by atoms with Gasteiger partial charge in [-0.15, -0.1) is 0 Å². The lowest BCUT2D eigenvalue weighted by atomic mass is 10.2. The smallest absolute Gasteiger partial charge is 0.292 e. The van der Waals surface area contributed by atoms with Crippen molar-refractivity contribution in [2.75, 3.05) is 11.9 Å². The van der Waals surface area contributed by atoms with Crippen molar-refractivity contribution in [1.29, 1.82) is 0 Å². The minimum atomic E-state index is -0.368. The van der Waals surface area contributed by atoms with Gasteiger partial charge in [0, 0.05) is 25.0 Å². The Balaban J connectivity index is 1.67. The SMILES string of the molecule is CCN(Cc1ccccc1)C(=O)c1nc(C(=O)Nc2ccccc2)n2ccccc12. The first-order valence-electron chi connectivity index (χ1n) is 9.84. The number of nitrogens with one attached hydrogen (secondary N) is 1. The lowest BCUT2D eigenvalue weighted by Crippen LogP contribution is -2.30. The van der Waals surface area contributed by atoms with Crippen molar-refractivity contribution < 1.29 is 9.59 Å². The van der Waals surface area contributed by atoms with Gasteiger partial charge < -0.3 is 10.2 Å². The number of para-hydroxylation sites is 1. The van der Waals surface area contributed by atoms with E-state index in [1.807, 2.05) is 67.6 Å². The Bertz CT molecular complexity index is 1170. The molecule has 0 spiro atoms. The van der Waals surface area contributed by atoms with Gasteiger partial charge in [-0.1, -0.05) is 54.6 Å². The van der Waals surface area contributed by atoms with Crippen LogP contribution in [0.3, 0.4) is 0 Å². The monoisotopic (exact) mass is 398 g/mol. The van der Waals surface area contributed by atoms with Crippen LogP contribution in [-0.2, 0) is 6.54 Å². The maximum absolute atomic E-state index is 13.3. The van der Waals surface area contributed by atoms with Gasteiger partial charge in [0.2, 0.25) is 5.82 Å². The number of pyridine rings is 1. The molecule has 0 atom stereocenters. The topological polar surface area (TPSA) is 66.7 Å². The fourth-order valence-corrected chi connectivity index (χ4v) is 3.34. The average molecular weight is 398 g/mol. The van der Waals surface area contributed by atoms with E-state index in [0.29, 0.717) is 24.3 Å². The van der Waals surface area contributed by atoms with Crippen molar-refractivity contribution in [3.05, 3.63) is 102 Å². The molecule has 0 aliphatic heterocycles. The van der Waals surface area contributed by atoms with Crippen molar-refractivity contribution in [3.63, 3.8) is 0 Å². The predicted molar refractivity (Wildman–Crippen MR) is 116 cm³/mol. The molecule has 4 aromatic rings. The lowest BCUT2D eigenvalue weighted by molar-refractivity contribution is 0.0749. The third kappa shape index (κ3) is 3.93. The van der Waals surface area contributed by atoms with Crippen LogP contribution in [-0.4, -0.2) is 32.6 Å². The summed E-state index contributed by atoms with van der Waals surface area (Å²) < 4.78 is 1.65. The van der Waals surface area contributed by atoms with Gasteiger partial charge in [0.05, 0.1) is 5.52 Å². The summed E-state index contributed by atoms with van der Waals surface area (Å²) in [4.78, 5) is 32.4. The van der Waals surface area contributed by atoms with Crippen LogP contribution in [0.2, 0.25) is 0 Å². The number of hydrogen-bond donors (Lipinski definition) is 1. The molecule has 6 nitrogen and oxygen atoms in total. The Morgan fingerprint density at radius 1 is 0.933 bits per heavy atom. The molecular formula is C24H22N4O2.